The molecule has 0 bridgehead atoms. The Morgan fingerprint density at radius 1 is 1.35 bits per heavy atom. The lowest BCUT2D eigenvalue weighted by Crippen LogP contribution is -2.03. The summed E-state index contributed by atoms with van der Waals surface area (Å²) < 4.78 is 23.5. The van der Waals surface area contributed by atoms with E-state index in [-0.39, 0.29) is 4.90 Å². The topological polar surface area (TPSA) is 54.4 Å². The fourth-order valence-corrected chi connectivity index (χ4v) is 2.29. The zero-order valence-electron chi connectivity index (χ0n) is 9.28. The van der Waals surface area contributed by atoms with Crippen molar-refractivity contribution in [2.24, 2.45) is 0 Å². The van der Waals surface area contributed by atoms with Gasteiger partial charge in [0.25, 0.3) is 0 Å². The maximum Gasteiger partial charge on any atom is 0.199 e. The highest BCUT2D eigenvalue weighted by molar-refractivity contribution is 7.94. The standard InChI is InChI=1S/C13H14O3S/c1-2-3-7-12(14)10-11-17(15,16)13-8-5-4-6-9-13/h1,4-6,8-12,14H,3,7H2/b11-10+/t12-/m0/s1. The third-order valence-electron chi connectivity index (χ3n) is 2.14. The first-order chi connectivity index (χ1) is 8.06. The number of sulfone groups is 1. The molecule has 0 aromatic heterocycles. The van der Waals surface area contributed by atoms with Crippen LogP contribution in [0.5, 0.6) is 0 Å². The van der Waals surface area contributed by atoms with Gasteiger partial charge in [-0.2, -0.15) is 0 Å². The van der Waals surface area contributed by atoms with Crippen LogP contribution in [-0.4, -0.2) is 19.6 Å². The minimum atomic E-state index is -3.47. The molecule has 4 heteroatoms. The van der Waals surface area contributed by atoms with Gasteiger partial charge in [-0.05, 0) is 24.6 Å². The molecule has 1 aromatic carbocycles. The molecule has 0 spiro atoms. The van der Waals surface area contributed by atoms with Gasteiger partial charge in [0.05, 0.1) is 11.0 Å². The van der Waals surface area contributed by atoms with Gasteiger partial charge in [0, 0.05) is 11.8 Å². The Bertz CT molecular complexity index is 509. The molecule has 0 aliphatic carbocycles. The normalized spacial score (nSPS) is 13.4. The second kappa shape index (κ2) is 6.24. The van der Waals surface area contributed by atoms with E-state index < -0.39 is 15.9 Å². The highest BCUT2D eigenvalue weighted by atomic mass is 32.2. The van der Waals surface area contributed by atoms with Crippen molar-refractivity contribution in [2.45, 2.75) is 23.8 Å². The molecule has 1 aromatic rings. The molecule has 0 saturated carbocycles. The Balaban J connectivity index is 2.75. The molecule has 90 valence electrons. The van der Waals surface area contributed by atoms with Crippen LogP contribution in [0.25, 0.3) is 0 Å². The summed E-state index contributed by atoms with van der Waals surface area (Å²) in [4.78, 5) is 0.209. The van der Waals surface area contributed by atoms with E-state index in [0.717, 1.165) is 5.41 Å². The quantitative estimate of drug-likeness (QED) is 0.810. The second-order valence-electron chi connectivity index (χ2n) is 3.50. The SMILES string of the molecule is C#CCC[C@H](O)/C=C/S(=O)(=O)c1ccccc1. The molecule has 0 fully saturated rings. The van der Waals surface area contributed by atoms with Gasteiger partial charge >= 0.3 is 0 Å². The Labute approximate surface area is 102 Å². The van der Waals surface area contributed by atoms with Gasteiger partial charge in [0.15, 0.2) is 9.84 Å². The van der Waals surface area contributed by atoms with Gasteiger partial charge in [0.1, 0.15) is 0 Å². The molecule has 0 saturated heterocycles. The number of hydrogen-bond donors (Lipinski definition) is 1. The van der Waals surface area contributed by atoms with Gasteiger partial charge in [-0.25, -0.2) is 8.42 Å². The number of terminal acetylenes is 1. The monoisotopic (exact) mass is 250 g/mol. The first-order valence-electron chi connectivity index (χ1n) is 5.16. The molecular formula is C13H14O3S. The first-order valence-corrected chi connectivity index (χ1v) is 6.71. The molecule has 1 atom stereocenters. The molecular weight excluding hydrogens is 236 g/mol. The van der Waals surface area contributed by atoms with E-state index in [9.17, 15) is 13.5 Å². The van der Waals surface area contributed by atoms with Gasteiger partial charge in [0.2, 0.25) is 0 Å². The molecule has 1 rings (SSSR count). The van der Waals surface area contributed by atoms with E-state index in [1.54, 1.807) is 18.2 Å². The Kier molecular flexibility index (Phi) is 4.95. The maximum absolute atomic E-state index is 11.8. The summed E-state index contributed by atoms with van der Waals surface area (Å²) in [6.45, 7) is 0. The molecule has 0 aliphatic rings. The average Bonchev–Trinajstić information content (AvgIpc) is 2.35. The number of rotatable bonds is 5. The van der Waals surface area contributed by atoms with Crippen LogP contribution >= 0.6 is 0 Å². The van der Waals surface area contributed by atoms with E-state index in [1.165, 1.54) is 18.2 Å². The molecule has 0 amide bonds. The van der Waals surface area contributed by atoms with Crippen LogP contribution in [0.3, 0.4) is 0 Å². The van der Waals surface area contributed by atoms with E-state index in [0.29, 0.717) is 12.8 Å². The second-order valence-corrected chi connectivity index (χ2v) is 5.33. The molecule has 17 heavy (non-hydrogen) atoms. The predicted octanol–water partition coefficient (Wildman–Crippen LogP) is 1.75. The summed E-state index contributed by atoms with van der Waals surface area (Å²) >= 11 is 0. The van der Waals surface area contributed by atoms with E-state index in [1.807, 2.05) is 0 Å². The molecule has 0 radical (unpaired) electrons. The highest BCUT2D eigenvalue weighted by Gasteiger charge is 2.09. The Morgan fingerprint density at radius 3 is 2.59 bits per heavy atom. The van der Waals surface area contributed by atoms with Crippen molar-refractivity contribution in [2.75, 3.05) is 0 Å². The number of aliphatic hydroxyl groups excluding tert-OH is 1. The van der Waals surface area contributed by atoms with E-state index in [4.69, 9.17) is 6.42 Å². The van der Waals surface area contributed by atoms with Crippen molar-refractivity contribution < 1.29 is 13.5 Å². The van der Waals surface area contributed by atoms with Gasteiger partial charge in [-0.3, -0.25) is 0 Å². The molecule has 3 nitrogen and oxygen atoms in total. The lowest BCUT2D eigenvalue weighted by Gasteiger charge is -2.02. The van der Waals surface area contributed by atoms with E-state index >= 15 is 0 Å². The Morgan fingerprint density at radius 2 is 2.00 bits per heavy atom. The zero-order chi connectivity index (χ0) is 12.7. The van der Waals surface area contributed by atoms with E-state index in [2.05, 4.69) is 5.92 Å². The van der Waals surface area contributed by atoms with Crippen LogP contribution < -0.4 is 0 Å². The average molecular weight is 250 g/mol. The minimum absolute atomic E-state index is 0.209. The van der Waals surface area contributed by atoms with Gasteiger partial charge < -0.3 is 5.11 Å². The molecule has 0 unspecified atom stereocenters. The number of benzene rings is 1. The van der Waals surface area contributed by atoms with Gasteiger partial charge in [-0.15, -0.1) is 12.3 Å². The summed E-state index contributed by atoms with van der Waals surface area (Å²) in [5.74, 6) is 2.38. The predicted molar refractivity (Wildman–Crippen MR) is 66.8 cm³/mol. The lowest BCUT2D eigenvalue weighted by atomic mass is 10.2. The van der Waals surface area contributed by atoms with Crippen LogP contribution in [0.1, 0.15) is 12.8 Å². The van der Waals surface area contributed by atoms with Crippen LogP contribution in [0.15, 0.2) is 46.7 Å². The van der Waals surface area contributed by atoms with Crippen molar-refractivity contribution >= 4 is 9.84 Å². The minimum Gasteiger partial charge on any atom is -0.389 e. The lowest BCUT2D eigenvalue weighted by molar-refractivity contribution is 0.215. The van der Waals surface area contributed by atoms with Crippen LogP contribution in [-0.2, 0) is 9.84 Å². The summed E-state index contributed by atoms with van der Waals surface area (Å²) in [5, 5.41) is 10.5. The fourth-order valence-electron chi connectivity index (χ4n) is 1.21. The molecule has 1 N–H and O–H groups in total. The van der Waals surface area contributed by atoms with Crippen molar-refractivity contribution in [3.05, 3.63) is 41.8 Å². The Hall–Kier alpha value is -1.57. The summed E-state index contributed by atoms with van der Waals surface area (Å²) in [6, 6.07) is 8.05. The largest absolute Gasteiger partial charge is 0.389 e. The summed E-state index contributed by atoms with van der Waals surface area (Å²) in [6.07, 6.45) is 6.24. The third kappa shape index (κ3) is 4.43. The maximum atomic E-state index is 11.8. The van der Waals surface area contributed by atoms with Crippen molar-refractivity contribution in [3.8, 4) is 12.3 Å². The number of hydrogen-bond acceptors (Lipinski definition) is 3. The van der Waals surface area contributed by atoms with Gasteiger partial charge in [-0.1, -0.05) is 18.2 Å². The zero-order valence-corrected chi connectivity index (χ0v) is 10.1. The van der Waals surface area contributed by atoms with Crippen LogP contribution in [0.4, 0.5) is 0 Å². The summed E-state index contributed by atoms with van der Waals surface area (Å²) in [5.41, 5.74) is 0. The molecule has 0 aliphatic heterocycles. The fraction of sp³-hybridized carbons (Fsp3) is 0.231. The van der Waals surface area contributed by atoms with Crippen molar-refractivity contribution in [1.29, 1.82) is 0 Å². The van der Waals surface area contributed by atoms with Crippen LogP contribution in [0, 0.1) is 12.3 Å². The highest BCUT2D eigenvalue weighted by Crippen LogP contribution is 2.12. The smallest absolute Gasteiger partial charge is 0.199 e. The van der Waals surface area contributed by atoms with Crippen molar-refractivity contribution in [1.82, 2.24) is 0 Å². The van der Waals surface area contributed by atoms with Crippen LogP contribution in [0.2, 0.25) is 0 Å². The molecule has 0 heterocycles. The number of aliphatic hydroxyl groups is 1. The summed E-state index contributed by atoms with van der Waals surface area (Å²) in [7, 11) is -3.47. The van der Waals surface area contributed by atoms with Crippen molar-refractivity contribution in [3.63, 3.8) is 0 Å². The third-order valence-corrected chi connectivity index (χ3v) is 3.58. The first kappa shape index (κ1) is 13.5.